The third kappa shape index (κ3) is 16.0. The largest absolute Gasteiger partial charge is 0.694 e. The number of carbonyl (C=O) groups is 4. The summed E-state index contributed by atoms with van der Waals surface area (Å²) in [5, 5.41) is -0.834. The van der Waals surface area contributed by atoms with E-state index in [0.717, 1.165) is 33.7 Å². The lowest BCUT2D eigenvalue weighted by molar-refractivity contribution is -0.142. The number of phosphoric ester groups is 1. The Balaban J connectivity index is 1.39. The van der Waals surface area contributed by atoms with Crippen molar-refractivity contribution in [3.8, 4) is 0 Å². The Labute approximate surface area is 258 Å². The molecule has 0 aromatic carbocycles. The zero-order valence-electron chi connectivity index (χ0n) is 23.9. The fourth-order valence-electron chi connectivity index (χ4n) is 3.45. The van der Waals surface area contributed by atoms with E-state index in [-0.39, 0.29) is 65.1 Å². The maximum Gasteiger partial charge on any atom is 0.694 e. The minimum Gasteiger partial charge on any atom is -0.377 e. The third-order valence-corrected chi connectivity index (χ3v) is 8.10. The molecular weight excluding hydrogens is 654 g/mol. The first-order valence-electron chi connectivity index (χ1n) is 13.4. The summed E-state index contributed by atoms with van der Waals surface area (Å²) in [7, 11) is -7.03. The first-order chi connectivity index (χ1) is 21.1. The fraction of sp³-hybridized carbons (Fsp3) is 0.739. The van der Waals surface area contributed by atoms with E-state index in [4.69, 9.17) is 37.6 Å². The summed E-state index contributed by atoms with van der Waals surface area (Å²) in [4.78, 5) is 68.0. The molecule has 0 radical (unpaired) electrons. The Bertz CT molecular complexity index is 1020. The molecule has 0 spiro atoms. The number of rotatable bonds is 27. The van der Waals surface area contributed by atoms with Gasteiger partial charge in [0.25, 0.3) is 11.8 Å². The van der Waals surface area contributed by atoms with Crippen molar-refractivity contribution >= 4 is 51.5 Å². The second kappa shape index (κ2) is 21.9. The van der Waals surface area contributed by atoms with Gasteiger partial charge in [-0.1, -0.05) is 0 Å². The summed E-state index contributed by atoms with van der Waals surface area (Å²) >= 11 is 0.858. The predicted octanol–water partition coefficient (Wildman–Crippen LogP) is -0.387. The summed E-state index contributed by atoms with van der Waals surface area (Å²) < 4.78 is 62.8. The SMILES string of the molecule is O=C1C=CC(=O)N1CCN1C(=O)CC(SCOP(=O)(O)OCCOCCOCCOCCOCCOCCO[P+](=O)O)C1=O. The Morgan fingerprint density at radius 2 is 1.20 bits per heavy atom. The molecule has 1 fully saturated rings. The summed E-state index contributed by atoms with van der Waals surface area (Å²) in [6, 6.07) is 0. The van der Waals surface area contributed by atoms with Crippen molar-refractivity contribution in [1.82, 2.24) is 9.80 Å². The molecule has 3 unspecified atom stereocenters. The van der Waals surface area contributed by atoms with Crippen LogP contribution in [0.2, 0.25) is 0 Å². The van der Waals surface area contributed by atoms with Gasteiger partial charge < -0.3 is 28.6 Å². The van der Waals surface area contributed by atoms with E-state index in [1.54, 1.807) is 0 Å². The number of imide groups is 2. The normalized spacial score (nSPS) is 18.6. The highest BCUT2D eigenvalue weighted by molar-refractivity contribution is 8.00. The number of likely N-dealkylation sites (tertiary alicyclic amines) is 1. The van der Waals surface area contributed by atoms with Crippen LogP contribution in [0, 0.1) is 0 Å². The lowest BCUT2D eigenvalue weighted by Crippen LogP contribution is -2.41. The average molecular weight is 692 g/mol. The van der Waals surface area contributed by atoms with E-state index >= 15 is 0 Å². The molecule has 0 aromatic heterocycles. The van der Waals surface area contributed by atoms with Crippen LogP contribution in [0.3, 0.4) is 0 Å². The molecule has 0 saturated carbocycles. The quantitative estimate of drug-likeness (QED) is 0.0484. The lowest BCUT2D eigenvalue weighted by atomic mass is 10.4. The Hall–Kier alpha value is -1.70. The molecule has 44 heavy (non-hydrogen) atoms. The fourth-order valence-corrected chi connectivity index (χ4v) is 5.53. The van der Waals surface area contributed by atoms with Crippen molar-refractivity contribution in [2.24, 2.45) is 0 Å². The van der Waals surface area contributed by atoms with Crippen LogP contribution in [0.15, 0.2) is 12.2 Å². The number of amides is 4. The van der Waals surface area contributed by atoms with E-state index in [9.17, 15) is 33.2 Å². The van der Waals surface area contributed by atoms with Crippen molar-refractivity contribution in [3.05, 3.63) is 12.2 Å². The second-order valence-electron chi connectivity index (χ2n) is 8.59. The molecule has 4 amide bonds. The van der Waals surface area contributed by atoms with Crippen molar-refractivity contribution < 1.29 is 75.4 Å². The van der Waals surface area contributed by atoms with Gasteiger partial charge in [0.2, 0.25) is 11.8 Å². The van der Waals surface area contributed by atoms with Gasteiger partial charge >= 0.3 is 16.1 Å². The van der Waals surface area contributed by atoms with Crippen LogP contribution in [0.1, 0.15) is 6.42 Å². The van der Waals surface area contributed by atoms with Gasteiger partial charge in [0.05, 0.1) is 77.9 Å². The first kappa shape index (κ1) is 38.5. The minimum absolute atomic E-state index is 0.00148. The predicted molar refractivity (Wildman–Crippen MR) is 150 cm³/mol. The molecule has 0 aromatic rings. The molecule has 21 heteroatoms. The molecule has 0 aliphatic carbocycles. The Kier molecular flexibility index (Phi) is 19.2. The highest BCUT2D eigenvalue weighted by Gasteiger charge is 2.40. The summed E-state index contributed by atoms with van der Waals surface area (Å²) in [6.45, 7) is 2.28. The Morgan fingerprint density at radius 3 is 1.70 bits per heavy atom. The number of carbonyl (C=O) groups excluding carboxylic acids is 4. The highest BCUT2D eigenvalue weighted by Crippen LogP contribution is 2.44. The van der Waals surface area contributed by atoms with Crippen molar-refractivity contribution in [2.45, 2.75) is 11.7 Å². The zero-order chi connectivity index (χ0) is 32.2. The van der Waals surface area contributed by atoms with Crippen molar-refractivity contribution in [3.63, 3.8) is 0 Å². The number of thioether (sulfide) groups is 1. The van der Waals surface area contributed by atoms with Gasteiger partial charge in [-0.05, 0) is 0 Å². The van der Waals surface area contributed by atoms with Crippen LogP contribution in [0.25, 0.3) is 0 Å². The standard InChI is InChI=1S/C23H36N2O16P2S/c26-20-1-2-21(27)24(20)3-4-25-22(28)17-19(23(25)29)44-18-41-43(32,33)40-16-14-38-12-10-36-8-6-34-5-7-35-9-11-37-13-15-39-42(30)31/h1-2,19H,3-18H2,(H-,30,31,32,33)/p+1. The molecule has 0 bridgehead atoms. The summed E-state index contributed by atoms with van der Waals surface area (Å²) in [5.74, 6) is -2.44. The van der Waals surface area contributed by atoms with Crippen LogP contribution in [-0.2, 0) is 65.6 Å². The molecule has 3 atom stereocenters. The maximum atomic E-state index is 12.5. The van der Waals surface area contributed by atoms with Crippen LogP contribution in [0.5, 0.6) is 0 Å². The number of ether oxygens (including phenoxy) is 5. The molecule has 18 nitrogen and oxygen atoms in total. The molecular formula is C23H37N2O16P2S+. The van der Waals surface area contributed by atoms with Gasteiger partial charge in [-0.15, -0.1) is 21.2 Å². The highest BCUT2D eigenvalue weighted by atomic mass is 32.2. The third-order valence-electron chi connectivity index (χ3n) is 5.53. The van der Waals surface area contributed by atoms with Gasteiger partial charge in [-0.2, -0.15) is 0 Å². The molecule has 2 aliphatic rings. The van der Waals surface area contributed by atoms with E-state index in [0.29, 0.717) is 39.6 Å². The van der Waals surface area contributed by atoms with Crippen LogP contribution in [0.4, 0.5) is 0 Å². The van der Waals surface area contributed by atoms with Crippen LogP contribution in [-0.4, -0.2) is 147 Å². The number of phosphoric acid groups is 1. The molecule has 2 rings (SSSR count). The molecule has 2 aliphatic heterocycles. The molecule has 250 valence electrons. The molecule has 2 N–H and O–H groups in total. The number of nitrogens with zero attached hydrogens (tertiary/aromatic N) is 2. The Morgan fingerprint density at radius 1 is 0.750 bits per heavy atom. The number of hydrogen-bond acceptors (Lipinski definition) is 15. The first-order valence-corrected chi connectivity index (χ1v) is 17.1. The second-order valence-corrected chi connectivity index (χ2v) is 11.9. The van der Waals surface area contributed by atoms with Gasteiger partial charge in [0.1, 0.15) is 12.5 Å². The zero-order valence-corrected chi connectivity index (χ0v) is 26.5. The lowest BCUT2D eigenvalue weighted by Gasteiger charge is -2.19. The average Bonchev–Trinajstić information content (AvgIpc) is 3.43. The van der Waals surface area contributed by atoms with Crippen molar-refractivity contribution in [1.29, 1.82) is 0 Å². The molecule has 2 heterocycles. The van der Waals surface area contributed by atoms with Crippen molar-refractivity contribution in [2.75, 3.05) is 98.3 Å². The van der Waals surface area contributed by atoms with Gasteiger partial charge in [-0.25, -0.2) is 4.57 Å². The maximum absolute atomic E-state index is 12.5. The summed E-state index contributed by atoms with van der Waals surface area (Å²) in [6.07, 6.45) is 2.07. The number of hydrogen-bond donors (Lipinski definition) is 2. The van der Waals surface area contributed by atoms with Gasteiger partial charge in [-0.3, -0.25) is 38.0 Å². The van der Waals surface area contributed by atoms with E-state index in [1.165, 1.54) is 0 Å². The smallest absolute Gasteiger partial charge is 0.377 e. The molecule has 1 saturated heterocycles. The van der Waals surface area contributed by atoms with E-state index in [1.807, 2.05) is 0 Å². The monoisotopic (exact) mass is 691 g/mol. The van der Waals surface area contributed by atoms with E-state index < -0.39 is 45.0 Å². The minimum atomic E-state index is -4.42. The van der Waals surface area contributed by atoms with Crippen LogP contribution < -0.4 is 0 Å². The topological polar surface area (TPSA) is 223 Å². The van der Waals surface area contributed by atoms with Gasteiger partial charge in [0.15, 0.2) is 0 Å². The van der Waals surface area contributed by atoms with Gasteiger partial charge in [0, 0.05) is 36.2 Å². The summed E-state index contributed by atoms with van der Waals surface area (Å²) in [5.41, 5.74) is 0. The van der Waals surface area contributed by atoms with E-state index in [2.05, 4.69) is 4.52 Å². The van der Waals surface area contributed by atoms with Crippen LogP contribution >= 0.6 is 27.8 Å².